The summed E-state index contributed by atoms with van der Waals surface area (Å²) in [5.74, 6) is -1.72. The molecule has 0 aliphatic carbocycles. The number of halogens is 1. The van der Waals surface area contributed by atoms with Crippen molar-refractivity contribution in [2.45, 2.75) is 31.3 Å². The predicted molar refractivity (Wildman–Crippen MR) is 137 cm³/mol. The number of anilines is 2. The summed E-state index contributed by atoms with van der Waals surface area (Å²) in [5.41, 5.74) is 3.32. The van der Waals surface area contributed by atoms with E-state index in [9.17, 15) is 14.4 Å². The molecule has 1 amide bonds. The molecule has 0 saturated carbocycles. The molecule has 1 saturated heterocycles. The number of ketones is 2. The average molecular weight is 483 g/mol. The maximum atomic E-state index is 14.3. The van der Waals surface area contributed by atoms with Gasteiger partial charge in [-0.2, -0.15) is 0 Å². The third-order valence-electron chi connectivity index (χ3n) is 7.63. The fourth-order valence-corrected chi connectivity index (χ4v) is 6.51. The molecule has 5 nitrogen and oxygen atoms in total. The number of amides is 1. The van der Waals surface area contributed by atoms with Gasteiger partial charge in [-0.15, -0.1) is 0 Å². The van der Waals surface area contributed by atoms with Gasteiger partial charge in [0.1, 0.15) is 5.41 Å². The molecule has 0 radical (unpaired) electrons. The number of fused-ring (bicyclic) bond motifs is 6. The van der Waals surface area contributed by atoms with Crippen molar-refractivity contribution in [3.05, 3.63) is 100 Å². The van der Waals surface area contributed by atoms with Crippen molar-refractivity contribution in [2.24, 2.45) is 5.92 Å². The first kappa shape index (κ1) is 21.8. The van der Waals surface area contributed by atoms with Gasteiger partial charge in [0.05, 0.1) is 23.0 Å². The van der Waals surface area contributed by atoms with Crippen LogP contribution in [-0.4, -0.2) is 29.6 Å². The standard InChI is InChI=1S/C29H23ClN2O3/c1-16-11-13-23-18(15-16)12-14-24-29(20-8-4-6-10-22(20)31-28(29)35)25(26(17(2)33)32(23)24)27(34)19-7-3-5-9-21(19)30/h3-15,24-26H,1-2H3,(H,31,35)/t24-,25+,26+,29-/m0/s1. The van der Waals surface area contributed by atoms with Crippen LogP contribution in [-0.2, 0) is 15.0 Å². The lowest BCUT2D eigenvalue weighted by atomic mass is 9.64. The maximum Gasteiger partial charge on any atom is 0.238 e. The van der Waals surface area contributed by atoms with Crippen LogP contribution in [0.15, 0.2) is 72.8 Å². The quantitative estimate of drug-likeness (QED) is 0.520. The van der Waals surface area contributed by atoms with Crippen molar-refractivity contribution in [2.75, 3.05) is 10.2 Å². The van der Waals surface area contributed by atoms with E-state index in [4.69, 9.17) is 11.6 Å². The second-order valence-corrected chi connectivity index (χ2v) is 9.93. The van der Waals surface area contributed by atoms with E-state index in [1.165, 1.54) is 6.92 Å². The Morgan fingerprint density at radius 1 is 1.03 bits per heavy atom. The van der Waals surface area contributed by atoms with Gasteiger partial charge in [0, 0.05) is 16.9 Å². The van der Waals surface area contributed by atoms with Crippen molar-refractivity contribution in [3.63, 3.8) is 0 Å². The molecule has 4 atom stereocenters. The van der Waals surface area contributed by atoms with Gasteiger partial charge in [-0.25, -0.2) is 0 Å². The van der Waals surface area contributed by atoms with Crippen LogP contribution in [0.5, 0.6) is 0 Å². The number of nitrogens with zero attached hydrogens (tertiary/aromatic N) is 1. The normalized spacial score (nSPS) is 25.7. The largest absolute Gasteiger partial charge is 0.352 e. The number of para-hydroxylation sites is 1. The SMILES string of the molecule is CC(=O)[C@@H]1[C@H](C(=O)c2ccccc2Cl)[C@@]2(C(=O)Nc3ccccc32)[C@@H]2C=Cc3cc(C)ccc3N12. The maximum absolute atomic E-state index is 14.3. The van der Waals surface area contributed by atoms with Crippen LogP contribution in [0.1, 0.15) is 34.0 Å². The Kier molecular flexibility index (Phi) is 4.77. The summed E-state index contributed by atoms with van der Waals surface area (Å²) >= 11 is 6.47. The number of hydrogen-bond donors (Lipinski definition) is 1. The van der Waals surface area contributed by atoms with E-state index in [0.29, 0.717) is 16.3 Å². The summed E-state index contributed by atoms with van der Waals surface area (Å²) in [5, 5.41) is 3.31. The lowest BCUT2D eigenvalue weighted by Gasteiger charge is -2.37. The van der Waals surface area contributed by atoms with Gasteiger partial charge in [0.15, 0.2) is 11.6 Å². The first-order valence-corrected chi connectivity index (χ1v) is 12.0. The number of rotatable bonds is 3. The van der Waals surface area contributed by atoms with Crippen LogP contribution in [0.3, 0.4) is 0 Å². The Morgan fingerprint density at radius 3 is 2.54 bits per heavy atom. The summed E-state index contributed by atoms with van der Waals surface area (Å²) in [6.07, 6.45) is 3.97. The van der Waals surface area contributed by atoms with Crippen molar-refractivity contribution in [3.8, 4) is 0 Å². The second kappa shape index (κ2) is 7.65. The molecule has 3 aliphatic rings. The lowest BCUT2D eigenvalue weighted by molar-refractivity contribution is -0.122. The highest BCUT2D eigenvalue weighted by atomic mass is 35.5. The summed E-state index contributed by atoms with van der Waals surface area (Å²) in [6, 6.07) is 18.9. The first-order valence-electron chi connectivity index (χ1n) is 11.6. The molecule has 6 rings (SSSR count). The van der Waals surface area contributed by atoms with E-state index < -0.39 is 23.4 Å². The number of aryl methyl sites for hydroxylation is 1. The first-order chi connectivity index (χ1) is 16.9. The molecule has 174 valence electrons. The Bertz CT molecular complexity index is 1460. The number of Topliss-reactive ketones (excluding diaryl/α,β-unsaturated/α-hetero) is 2. The fraction of sp³-hybridized carbons (Fsp3) is 0.207. The van der Waals surface area contributed by atoms with Gasteiger partial charge in [-0.05, 0) is 55.3 Å². The number of carbonyl (C=O) groups excluding carboxylic acids is 3. The Labute approximate surface area is 208 Å². The van der Waals surface area contributed by atoms with Gasteiger partial charge < -0.3 is 10.2 Å². The Morgan fingerprint density at radius 2 is 1.77 bits per heavy atom. The van der Waals surface area contributed by atoms with Crippen molar-refractivity contribution < 1.29 is 14.4 Å². The van der Waals surface area contributed by atoms with E-state index in [2.05, 4.69) is 11.4 Å². The molecule has 0 bridgehead atoms. The molecule has 35 heavy (non-hydrogen) atoms. The second-order valence-electron chi connectivity index (χ2n) is 9.52. The summed E-state index contributed by atoms with van der Waals surface area (Å²) in [6.45, 7) is 3.51. The number of carbonyl (C=O) groups is 3. The van der Waals surface area contributed by atoms with Gasteiger partial charge in [0.2, 0.25) is 5.91 Å². The van der Waals surface area contributed by atoms with E-state index in [1.54, 1.807) is 24.3 Å². The van der Waals surface area contributed by atoms with Gasteiger partial charge in [0.25, 0.3) is 0 Å². The average Bonchev–Trinajstić information content (AvgIpc) is 3.32. The molecule has 0 aromatic heterocycles. The highest BCUT2D eigenvalue weighted by Crippen LogP contribution is 2.57. The van der Waals surface area contributed by atoms with E-state index in [0.717, 1.165) is 22.4 Å². The molecule has 3 aromatic rings. The number of nitrogens with one attached hydrogen (secondary N) is 1. The molecule has 3 aliphatic heterocycles. The predicted octanol–water partition coefficient (Wildman–Crippen LogP) is 5.21. The minimum Gasteiger partial charge on any atom is -0.352 e. The van der Waals surface area contributed by atoms with Gasteiger partial charge in [-0.3, -0.25) is 14.4 Å². The topological polar surface area (TPSA) is 66.5 Å². The monoisotopic (exact) mass is 482 g/mol. The molecule has 3 aromatic carbocycles. The summed E-state index contributed by atoms with van der Waals surface area (Å²) < 4.78 is 0. The molecular weight excluding hydrogens is 460 g/mol. The summed E-state index contributed by atoms with van der Waals surface area (Å²) in [4.78, 5) is 43.7. The van der Waals surface area contributed by atoms with Crippen molar-refractivity contribution in [1.82, 2.24) is 0 Å². The Hall–Kier alpha value is -3.70. The van der Waals surface area contributed by atoms with Gasteiger partial charge in [-0.1, -0.05) is 65.7 Å². The molecule has 0 unspecified atom stereocenters. The van der Waals surface area contributed by atoms with Crippen LogP contribution >= 0.6 is 11.6 Å². The van der Waals surface area contributed by atoms with Crippen LogP contribution in [0.2, 0.25) is 5.02 Å². The van der Waals surface area contributed by atoms with E-state index in [1.807, 2.05) is 60.4 Å². The molecule has 3 heterocycles. The number of hydrogen-bond acceptors (Lipinski definition) is 4. The lowest BCUT2D eigenvalue weighted by Crippen LogP contribution is -2.51. The zero-order valence-electron chi connectivity index (χ0n) is 19.3. The van der Waals surface area contributed by atoms with Crippen molar-refractivity contribution >= 4 is 46.5 Å². The third kappa shape index (κ3) is 2.85. The highest BCUT2D eigenvalue weighted by Gasteiger charge is 2.69. The molecule has 1 fully saturated rings. The smallest absolute Gasteiger partial charge is 0.238 e. The zero-order valence-corrected chi connectivity index (χ0v) is 20.0. The van der Waals surface area contributed by atoms with Crippen molar-refractivity contribution in [1.29, 1.82) is 0 Å². The molecule has 1 N–H and O–H groups in total. The fourth-order valence-electron chi connectivity index (χ4n) is 6.28. The van der Waals surface area contributed by atoms with Crippen LogP contribution in [0.25, 0.3) is 6.08 Å². The third-order valence-corrected chi connectivity index (χ3v) is 7.96. The molecule has 6 heteroatoms. The zero-order chi connectivity index (χ0) is 24.5. The minimum absolute atomic E-state index is 0.170. The van der Waals surface area contributed by atoms with Crippen LogP contribution in [0, 0.1) is 12.8 Å². The Balaban J connectivity index is 1.67. The molecular formula is C29H23ClN2O3. The summed E-state index contributed by atoms with van der Waals surface area (Å²) in [7, 11) is 0. The van der Waals surface area contributed by atoms with E-state index in [-0.39, 0.29) is 17.5 Å². The minimum atomic E-state index is -1.29. The van der Waals surface area contributed by atoms with Gasteiger partial charge >= 0.3 is 0 Å². The van der Waals surface area contributed by atoms with Crippen LogP contribution < -0.4 is 10.2 Å². The highest BCUT2D eigenvalue weighted by molar-refractivity contribution is 6.34. The van der Waals surface area contributed by atoms with Crippen LogP contribution in [0.4, 0.5) is 11.4 Å². The van der Waals surface area contributed by atoms with E-state index >= 15 is 0 Å². The molecule has 1 spiro atoms. The number of benzene rings is 3.